The molecule has 0 bridgehead atoms. The van der Waals surface area contributed by atoms with Gasteiger partial charge in [-0.1, -0.05) is 6.92 Å². The molecule has 92 valence electrons. The summed E-state index contributed by atoms with van der Waals surface area (Å²) in [7, 11) is -0.857. The van der Waals surface area contributed by atoms with E-state index < -0.39 is 10.8 Å². The Morgan fingerprint density at radius 1 is 1.50 bits per heavy atom. The first-order valence-corrected chi connectivity index (χ1v) is 7.10. The third-order valence-corrected chi connectivity index (χ3v) is 3.93. The molecule has 2 N–H and O–H groups in total. The van der Waals surface area contributed by atoms with Gasteiger partial charge < -0.3 is 5.73 Å². The van der Waals surface area contributed by atoms with Gasteiger partial charge in [0.2, 0.25) is 0 Å². The van der Waals surface area contributed by atoms with Crippen molar-refractivity contribution in [3.8, 4) is 0 Å². The van der Waals surface area contributed by atoms with Gasteiger partial charge in [-0.05, 0) is 32.4 Å². The summed E-state index contributed by atoms with van der Waals surface area (Å²) in [6.07, 6.45) is 1.93. The number of hydrogen-bond acceptors (Lipinski definition) is 3. The highest BCUT2D eigenvalue weighted by Crippen LogP contribution is 2.07. The Balaban J connectivity index is 2.50. The van der Waals surface area contributed by atoms with Crippen LogP contribution in [0.4, 0.5) is 0 Å². The Morgan fingerprint density at radius 3 is 2.69 bits per heavy atom. The van der Waals surface area contributed by atoms with Gasteiger partial charge in [-0.15, -0.1) is 0 Å². The molecule has 2 unspecified atom stereocenters. The molecule has 0 aliphatic rings. The molecule has 1 aromatic heterocycles. The van der Waals surface area contributed by atoms with E-state index in [0.717, 1.165) is 5.69 Å². The highest BCUT2D eigenvalue weighted by molar-refractivity contribution is 7.84. The molecule has 0 spiro atoms. The Morgan fingerprint density at radius 2 is 2.19 bits per heavy atom. The lowest BCUT2D eigenvalue weighted by molar-refractivity contribution is 0.528. The van der Waals surface area contributed by atoms with Gasteiger partial charge in [0.15, 0.2) is 0 Å². The van der Waals surface area contributed by atoms with Crippen LogP contribution in [-0.2, 0) is 16.6 Å². The monoisotopic (exact) mass is 243 g/mol. The Hall–Kier alpha value is -0.680. The maximum atomic E-state index is 11.8. The standard InChI is InChI=1S/C11H21N3OS/c1-9(2)14-5-4-11(13-14)8-16(15)7-10(3)6-12/h4-5,9-10H,6-8,12H2,1-3H3. The summed E-state index contributed by atoms with van der Waals surface area (Å²) in [5, 5.41) is 4.38. The SMILES string of the molecule is CC(CN)CS(=O)Cc1ccn(C(C)C)n1. The highest BCUT2D eigenvalue weighted by atomic mass is 32.2. The fourth-order valence-electron chi connectivity index (χ4n) is 1.35. The summed E-state index contributed by atoms with van der Waals surface area (Å²) >= 11 is 0. The lowest BCUT2D eigenvalue weighted by Crippen LogP contribution is -2.18. The third-order valence-electron chi connectivity index (χ3n) is 2.37. The predicted octanol–water partition coefficient (Wildman–Crippen LogP) is 1.31. The number of nitrogens with zero attached hydrogens (tertiary/aromatic N) is 2. The van der Waals surface area contributed by atoms with Gasteiger partial charge in [0.1, 0.15) is 0 Å². The second kappa shape index (κ2) is 6.15. The van der Waals surface area contributed by atoms with E-state index in [4.69, 9.17) is 5.73 Å². The second-order valence-corrected chi connectivity index (χ2v) is 5.97. The van der Waals surface area contributed by atoms with Crippen LogP contribution in [0.3, 0.4) is 0 Å². The molecule has 0 saturated carbocycles. The molecular weight excluding hydrogens is 222 g/mol. The lowest BCUT2D eigenvalue weighted by atomic mass is 10.2. The predicted molar refractivity (Wildman–Crippen MR) is 67.5 cm³/mol. The zero-order valence-corrected chi connectivity index (χ0v) is 11.0. The van der Waals surface area contributed by atoms with Gasteiger partial charge in [0.05, 0.1) is 11.4 Å². The molecule has 1 aromatic rings. The maximum Gasteiger partial charge on any atom is 0.0749 e. The topological polar surface area (TPSA) is 60.9 Å². The molecule has 0 radical (unpaired) electrons. The molecule has 0 aliphatic carbocycles. The zero-order valence-electron chi connectivity index (χ0n) is 10.2. The van der Waals surface area contributed by atoms with E-state index in [0.29, 0.717) is 30.0 Å². The fourth-order valence-corrected chi connectivity index (χ4v) is 2.72. The van der Waals surface area contributed by atoms with Crippen LogP contribution in [0.25, 0.3) is 0 Å². The van der Waals surface area contributed by atoms with E-state index in [1.807, 2.05) is 23.9 Å². The summed E-state index contributed by atoms with van der Waals surface area (Å²) in [5.74, 6) is 1.50. The van der Waals surface area contributed by atoms with Gasteiger partial charge in [-0.25, -0.2) is 0 Å². The number of aromatic nitrogens is 2. The minimum Gasteiger partial charge on any atom is -0.330 e. The van der Waals surface area contributed by atoms with Gasteiger partial charge in [-0.2, -0.15) is 5.10 Å². The molecule has 5 heteroatoms. The van der Waals surface area contributed by atoms with Gasteiger partial charge in [0, 0.05) is 28.8 Å². The van der Waals surface area contributed by atoms with Crippen LogP contribution >= 0.6 is 0 Å². The van der Waals surface area contributed by atoms with E-state index in [2.05, 4.69) is 18.9 Å². The van der Waals surface area contributed by atoms with Gasteiger partial charge >= 0.3 is 0 Å². The minimum atomic E-state index is -0.857. The normalized spacial score (nSPS) is 15.3. The summed E-state index contributed by atoms with van der Waals surface area (Å²) in [5.41, 5.74) is 6.40. The molecule has 1 rings (SSSR count). The maximum absolute atomic E-state index is 11.8. The molecule has 0 amide bonds. The van der Waals surface area contributed by atoms with Crippen molar-refractivity contribution in [2.45, 2.75) is 32.6 Å². The number of nitrogens with two attached hydrogens (primary N) is 1. The molecule has 4 nitrogen and oxygen atoms in total. The van der Waals surface area contributed by atoms with Crippen molar-refractivity contribution >= 4 is 10.8 Å². The van der Waals surface area contributed by atoms with Crippen molar-refractivity contribution in [1.29, 1.82) is 0 Å². The number of hydrogen-bond donors (Lipinski definition) is 1. The summed E-state index contributed by atoms with van der Waals surface area (Å²) in [6, 6.07) is 2.29. The van der Waals surface area contributed by atoms with Crippen LogP contribution in [0.5, 0.6) is 0 Å². The first kappa shape index (κ1) is 13.4. The largest absolute Gasteiger partial charge is 0.330 e. The Kier molecular flexibility index (Phi) is 5.15. The minimum absolute atomic E-state index is 0.313. The van der Waals surface area contributed by atoms with E-state index >= 15 is 0 Å². The van der Waals surface area contributed by atoms with Crippen molar-refractivity contribution < 1.29 is 4.21 Å². The smallest absolute Gasteiger partial charge is 0.0749 e. The zero-order chi connectivity index (χ0) is 12.1. The molecule has 0 aromatic carbocycles. The van der Waals surface area contributed by atoms with E-state index in [1.54, 1.807) is 0 Å². The van der Waals surface area contributed by atoms with Gasteiger partial charge in [0.25, 0.3) is 0 Å². The van der Waals surface area contributed by atoms with Crippen molar-refractivity contribution in [3.05, 3.63) is 18.0 Å². The van der Waals surface area contributed by atoms with Gasteiger partial charge in [-0.3, -0.25) is 8.89 Å². The summed E-state index contributed by atoms with van der Waals surface area (Å²) in [6.45, 7) is 6.76. The molecule has 0 saturated heterocycles. The van der Waals surface area contributed by atoms with Crippen LogP contribution in [-0.4, -0.2) is 26.3 Å². The lowest BCUT2D eigenvalue weighted by Gasteiger charge is -2.07. The summed E-state index contributed by atoms with van der Waals surface area (Å²) < 4.78 is 13.7. The molecule has 2 atom stereocenters. The van der Waals surface area contributed by atoms with Crippen molar-refractivity contribution in [3.63, 3.8) is 0 Å². The number of rotatable bonds is 6. The van der Waals surface area contributed by atoms with Crippen molar-refractivity contribution in [1.82, 2.24) is 9.78 Å². The van der Waals surface area contributed by atoms with E-state index in [1.165, 1.54) is 0 Å². The molecular formula is C11H21N3OS. The van der Waals surface area contributed by atoms with Crippen molar-refractivity contribution in [2.24, 2.45) is 11.7 Å². The summed E-state index contributed by atoms with van der Waals surface area (Å²) in [4.78, 5) is 0. The Bertz CT molecular complexity index is 349. The van der Waals surface area contributed by atoms with Crippen LogP contribution < -0.4 is 5.73 Å². The van der Waals surface area contributed by atoms with Crippen LogP contribution in [0.2, 0.25) is 0 Å². The molecule has 0 fully saturated rings. The Labute approximate surface area is 99.7 Å². The molecule has 16 heavy (non-hydrogen) atoms. The van der Waals surface area contributed by atoms with E-state index in [9.17, 15) is 4.21 Å². The second-order valence-electron chi connectivity index (χ2n) is 4.47. The first-order chi connectivity index (χ1) is 7.52. The first-order valence-electron chi connectivity index (χ1n) is 5.62. The van der Waals surface area contributed by atoms with Crippen LogP contribution in [0.1, 0.15) is 32.5 Å². The quantitative estimate of drug-likeness (QED) is 0.819. The van der Waals surface area contributed by atoms with Crippen molar-refractivity contribution in [2.75, 3.05) is 12.3 Å². The average molecular weight is 243 g/mol. The molecule has 0 aliphatic heterocycles. The third kappa shape index (κ3) is 4.06. The van der Waals surface area contributed by atoms with E-state index in [-0.39, 0.29) is 0 Å². The molecule has 1 heterocycles. The average Bonchev–Trinajstić information content (AvgIpc) is 2.65. The fraction of sp³-hybridized carbons (Fsp3) is 0.727. The highest BCUT2D eigenvalue weighted by Gasteiger charge is 2.09. The van der Waals surface area contributed by atoms with Crippen LogP contribution in [0.15, 0.2) is 12.3 Å². The van der Waals surface area contributed by atoms with Crippen LogP contribution in [0, 0.1) is 5.92 Å².